The maximum Gasteiger partial charge on any atom is 0.408 e. The van der Waals surface area contributed by atoms with Crippen molar-refractivity contribution in [3.63, 3.8) is 0 Å². The molecule has 8 nitrogen and oxygen atoms in total. The Kier molecular flexibility index (Phi) is 6.25. The minimum atomic E-state index is -4.39. The van der Waals surface area contributed by atoms with E-state index in [0.29, 0.717) is 29.2 Å². The molecule has 2 fully saturated rings. The van der Waals surface area contributed by atoms with Crippen molar-refractivity contribution in [2.45, 2.75) is 58.2 Å². The summed E-state index contributed by atoms with van der Waals surface area (Å²) in [4.78, 5) is 36.9. The van der Waals surface area contributed by atoms with Gasteiger partial charge in [0, 0.05) is 29.6 Å². The van der Waals surface area contributed by atoms with E-state index in [-0.39, 0.29) is 17.5 Å². The van der Waals surface area contributed by atoms with Crippen LogP contribution in [0.3, 0.4) is 0 Å². The van der Waals surface area contributed by atoms with Gasteiger partial charge in [0.15, 0.2) is 0 Å². The maximum atomic E-state index is 13.2. The summed E-state index contributed by atoms with van der Waals surface area (Å²) in [7, 11) is 0. The van der Waals surface area contributed by atoms with Crippen LogP contribution < -0.4 is 10.2 Å². The first-order chi connectivity index (χ1) is 17.5. The molecule has 1 aliphatic carbocycles. The number of nitrogens with zero attached hydrogens (tertiary/aromatic N) is 5. The number of halogens is 3. The highest BCUT2D eigenvalue weighted by molar-refractivity contribution is 6.04. The zero-order chi connectivity index (χ0) is 26.4. The van der Waals surface area contributed by atoms with Crippen molar-refractivity contribution >= 4 is 23.2 Å². The van der Waals surface area contributed by atoms with E-state index < -0.39 is 24.0 Å². The summed E-state index contributed by atoms with van der Waals surface area (Å²) in [6, 6.07) is 6.54. The van der Waals surface area contributed by atoms with Gasteiger partial charge in [0.05, 0.1) is 35.2 Å². The normalized spacial score (nSPS) is 17.6. The van der Waals surface area contributed by atoms with Crippen LogP contribution in [0.2, 0.25) is 0 Å². The Balaban J connectivity index is 1.39. The standard InChI is InChI=1S/C26H27F3N6O2/c1-25(2)9-4-10-35(24(25)37)18-11-21(22(30-13-18)16-7-8-16)33-23(36)20-6-3-5-19(32-20)17-12-31-34(14-17)15-26(27,28)29/h3,5-6,11-14,16H,4,7-10,15H2,1-2H3,(H,33,36). The molecule has 0 aromatic carbocycles. The summed E-state index contributed by atoms with van der Waals surface area (Å²) in [5.74, 6) is -0.204. The van der Waals surface area contributed by atoms with E-state index in [1.807, 2.05) is 13.8 Å². The Bertz CT molecular complexity index is 1350. The number of hydrogen-bond acceptors (Lipinski definition) is 5. The number of alkyl halides is 3. The van der Waals surface area contributed by atoms with Gasteiger partial charge in [-0.3, -0.25) is 19.3 Å². The number of pyridine rings is 2. The Morgan fingerprint density at radius 3 is 2.73 bits per heavy atom. The number of carbonyl (C=O) groups is 2. The Morgan fingerprint density at radius 1 is 1.22 bits per heavy atom. The van der Waals surface area contributed by atoms with Crippen LogP contribution in [0.15, 0.2) is 42.9 Å². The van der Waals surface area contributed by atoms with Gasteiger partial charge in [-0.1, -0.05) is 19.9 Å². The molecule has 4 heterocycles. The van der Waals surface area contributed by atoms with E-state index in [4.69, 9.17) is 0 Å². The molecule has 37 heavy (non-hydrogen) atoms. The molecule has 5 rings (SSSR count). The quantitative estimate of drug-likeness (QED) is 0.491. The summed E-state index contributed by atoms with van der Waals surface area (Å²) in [5, 5.41) is 6.65. The van der Waals surface area contributed by atoms with Crippen molar-refractivity contribution in [2.75, 3.05) is 16.8 Å². The molecule has 1 N–H and O–H groups in total. The highest BCUT2D eigenvalue weighted by Crippen LogP contribution is 2.43. The van der Waals surface area contributed by atoms with Gasteiger partial charge in [0.25, 0.3) is 5.91 Å². The molecule has 0 bridgehead atoms. The van der Waals surface area contributed by atoms with Crippen LogP contribution in [0, 0.1) is 5.41 Å². The molecule has 0 spiro atoms. The maximum absolute atomic E-state index is 13.2. The summed E-state index contributed by atoms with van der Waals surface area (Å²) >= 11 is 0. The number of carbonyl (C=O) groups excluding carboxylic acids is 2. The Labute approximate surface area is 211 Å². The van der Waals surface area contributed by atoms with E-state index in [0.717, 1.165) is 36.1 Å². The second-order valence-corrected chi connectivity index (χ2v) is 10.2. The van der Waals surface area contributed by atoms with Gasteiger partial charge in [0.1, 0.15) is 12.2 Å². The predicted molar refractivity (Wildman–Crippen MR) is 131 cm³/mol. The molecule has 0 unspecified atom stereocenters. The van der Waals surface area contributed by atoms with Crippen molar-refractivity contribution in [1.29, 1.82) is 0 Å². The molecule has 1 saturated carbocycles. The van der Waals surface area contributed by atoms with Crippen LogP contribution in [0.5, 0.6) is 0 Å². The molecule has 2 amide bonds. The van der Waals surface area contributed by atoms with E-state index in [1.54, 1.807) is 29.3 Å². The lowest BCUT2D eigenvalue weighted by molar-refractivity contribution is -0.142. The zero-order valence-electron chi connectivity index (χ0n) is 20.5. The fourth-order valence-electron chi connectivity index (χ4n) is 4.57. The largest absolute Gasteiger partial charge is 0.408 e. The fourth-order valence-corrected chi connectivity index (χ4v) is 4.57. The van der Waals surface area contributed by atoms with Crippen molar-refractivity contribution in [1.82, 2.24) is 19.7 Å². The third kappa shape index (κ3) is 5.50. The van der Waals surface area contributed by atoms with E-state index in [9.17, 15) is 22.8 Å². The second kappa shape index (κ2) is 9.28. The van der Waals surface area contributed by atoms with Crippen LogP contribution in [-0.4, -0.2) is 44.3 Å². The monoisotopic (exact) mass is 512 g/mol. The lowest BCUT2D eigenvalue weighted by Gasteiger charge is -2.37. The molecule has 0 atom stereocenters. The Morgan fingerprint density at radius 2 is 2.00 bits per heavy atom. The third-order valence-corrected chi connectivity index (χ3v) is 6.69. The third-order valence-electron chi connectivity index (χ3n) is 6.69. The molecule has 11 heteroatoms. The summed E-state index contributed by atoms with van der Waals surface area (Å²) in [6.45, 7) is 3.24. The van der Waals surface area contributed by atoms with Crippen LogP contribution >= 0.6 is 0 Å². The van der Waals surface area contributed by atoms with Gasteiger partial charge in [-0.25, -0.2) is 4.98 Å². The number of piperidine rings is 1. The number of rotatable bonds is 6. The van der Waals surface area contributed by atoms with Gasteiger partial charge in [-0.15, -0.1) is 0 Å². The van der Waals surface area contributed by atoms with Crippen molar-refractivity contribution < 1.29 is 22.8 Å². The SMILES string of the molecule is CC1(C)CCCN(c2cnc(C3CC3)c(NC(=O)c3cccc(-c4cnn(CC(F)(F)F)c4)n3)c2)C1=O. The lowest BCUT2D eigenvalue weighted by atomic mass is 9.83. The smallest absolute Gasteiger partial charge is 0.319 e. The van der Waals surface area contributed by atoms with Gasteiger partial charge < -0.3 is 10.2 Å². The molecule has 1 aliphatic heterocycles. The van der Waals surface area contributed by atoms with E-state index in [2.05, 4.69) is 20.4 Å². The molecular weight excluding hydrogens is 485 g/mol. The molecule has 194 valence electrons. The average molecular weight is 513 g/mol. The zero-order valence-corrected chi connectivity index (χ0v) is 20.5. The number of nitrogens with one attached hydrogen (secondary N) is 1. The van der Waals surface area contributed by atoms with Gasteiger partial charge in [-0.05, 0) is 43.9 Å². The first kappa shape index (κ1) is 24.9. The molecule has 3 aromatic heterocycles. The van der Waals surface area contributed by atoms with Gasteiger partial charge in [0.2, 0.25) is 5.91 Å². The highest BCUT2D eigenvalue weighted by Gasteiger charge is 2.37. The van der Waals surface area contributed by atoms with Crippen LogP contribution in [-0.2, 0) is 11.3 Å². The first-order valence-corrected chi connectivity index (χ1v) is 12.2. The lowest BCUT2D eigenvalue weighted by Crippen LogP contribution is -2.46. The van der Waals surface area contributed by atoms with Crippen LogP contribution in [0.25, 0.3) is 11.3 Å². The van der Waals surface area contributed by atoms with Gasteiger partial charge >= 0.3 is 6.18 Å². The Hall–Kier alpha value is -3.76. The van der Waals surface area contributed by atoms with Crippen molar-refractivity contribution in [3.05, 3.63) is 54.2 Å². The molecular formula is C26H27F3N6O2. The molecule has 3 aromatic rings. The molecule has 1 saturated heterocycles. The number of aromatic nitrogens is 4. The predicted octanol–water partition coefficient (Wildman–Crippen LogP) is 5.19. The number of hydrogen-bond donors (Lipinski definition) is 1. The van der Waals surface area contributed by atoms with Gasteiger partial charge in [-0.2, -0.15) is 18.3 Å². The average Bonchev–Trinajstić information content (AvgIpc) is 3.58. The van der Waals surface area contributed by atoms with Crippen molar-refractivity contribution in [2.24, 2.45) is 5.41 Å². The summed E-state index contributed by atoms with van der Waals surface area (Å²) < 4.78 is 38.8. The van der Waals surface area contributed by atoms with E-state index in [1.165, 1.54) is 18.5 Å². The highest BCUT2D eigenvalue weighted by atomic mass is 19.4. The van der Waals surface area contributed by atoms with Crippen LogP contribution in [0.4, 0.5) is 24.5 Å². The minimum Gasteiger partial charge on any atom is -0.319 e. The van der Waals surface area contributed by atoms with Crippen LogP contribution in [0.1, 0.15) is 61.6 Å². The molecule has 2 aliphatic rings. The van der Waals surface area contributed by atoms with E-state index >= 15 is 0 Å². The first-order valence-electron chi connectivity index (χ1n) is 12.2. The summed E-state index contributed by atoms with van der Waals surface area (Å²) in [6.07, 6.45) is 3.46. The number of anilines is 2. The van der Waals surface area contributed by atoms with Crippen molar-refractivity contribution in [3.8, 4) is 11.3 Å². The second-order valence-electron chi connectivity index (χ2n) is 10.2. The fraction of sp³-hybridized carbons (Fsp3) is 0.423. The number of amides is 2. The topological polar surface area (TPSA) is 93.0 Å². The summed E-state index contributed by atoms with van der Waals surface area (Å²) in [5.41, 5.74) is 2.27. The molecule has 0 radical (unpaired) electrons. The minimum absolute atomic E-state index is 0.0254.